The van der Waals surface area contributed by atoms with Gasteiger partial charge in [0, 0.05) is 68.0 Å². The van der Waals surface area contributed by atoms with E-state index in [0.717, 1.165) is 61.3 Å². The number of amides is 1. The van der Waals surface area contributed by atoms with Crippen molar-refractivity contribution in [1.82, 2.24) is 19.7 Å². The molecule has 1 aliphatic carbocycles. The van der Waals surface area contributed by atoms with Crippen LogP contribution < -0.4 is 10.2 Å². The normalized spacial score (nSPS) is 27.4. The highest BCUT2D eigenvalue weighted by Gasteiger charge is 2.46. The van der Waals surface area contributed by atoms with Crippen molar-refractivity contribution in [3.05, 3.63) is 47.4 Å². The first-order valence-corrected chi connectivity index (χ1v) is 14.3. The largest absolute Gasteiger partial charge is 0.389 e. The Bertz CT molecular complexity index is 1370. The maximum absolute atomic E-state index is 13.1. The SMILES string of the molecule is CC(C)Cn1nccc1C1CC1C(=O)Nc1cc2cc(N3CCN(C4(C)COCC4O)CC3)c(Cl)cc2cn1. The molecule has 208 valence electrons. The van der Waals surface area contributed by atoms with Gasteiger partial charge in [-0.2, -0.15) is 5.10 Å². The number of carbonyl (C=O) groups excluding carboxylic acids is 1. The number of fused-ring (bicyclic) bond motifs is 1. The van der Waals surface area contributed by atoms with Gasteiger partial charge in [-0.3, -0.25) is 14.4 Å². The molecule has 4 heterocycles. The van der Waals surface area contributed by atoms with Gasteiger partial charge in [-0.1, -0.05) is 25.4 Å². The standard InChI is InChI=1S/C29H37ClN6O3/c1-18(2)15-36-24(4-5-32-36)21-13-22(21)28(38)33-27-12-19-11-25(23(30)10-20(19)14-31-27)34-6-8-35(9-7-34)29(3)17-39-16-26(29)37/h4-5,10-12,14,18,21-22,26,37H,6-9,13,15-17H2,1-3H3,(H,31,33,38). The van der Waals surface area contributed by atoms with E-state index >= 15 is 0 Å². The van der Waals surface area contributed by atoms with Crippen molar-refractivity contribution < 1.29 is 14.6 Å². The highest BCUT2D eigenvalue weighted by molar-refractivity contribution is 6.34. The van der Waals surface area contributed by atoms with Crippen molar-refractivity contribution >= 4 is 39.8 Å². The van der Waals surface area contributed by atoms with Crippen LogP contribution in [0.25, 0.3) is 10.8 Å². The number of ether oxygens (including phenoxy) is 1. The molecule has 0 spiro atoms. The zero-order chi connectivity index (χ0) is 27.3. The molecule has 2 aliphatic heterocycles. The fourth-order valence-corrected chi connectivity index (χ4v) is 6.36. The number of nitrogens with zero attached hydrogens (tertiary/aromatic N) is 5. The summed E-state index contributed by atoms with van der Waals surface area (Å²) in [4.78, 5) is 22.2. The maximum Gasteiger partial charge on any atom is 0.229 e. The lowest BCUT2D eigenvalue weighted by molar-refractivity contribution is -0.117. The molecule has 2 saturated heterocycles. The van der Waals surface area contributed by atoms with Crippen molar-refractivity contribution in [2.24, 2.45) is 11.8 Å². The number of aliphatic hydroxyl groups is 1. The van der Waals surface area contributed by atoms with E-state index in [1.54, 1.807) is 6.20 Å². The first-order valence-electron chi connectivity index (χ1n) is 13.9. The second kappa shape index (κ2) is 10.4. The van der Waals surface area contributed by atoms with Crippen LogP contribution in [0.5, 0.6) is 0 Å². The minimum atomic E-state index is -0.470. The van der Waals surface area contributed by atoms with Gasteiger partial charge in [0.1, 0.15) is 5.82 Å². The summed E-state index contributed by atoms with van der Waals surface area (Å²) in [6.07, 6.45) is 3.95. The number of hydrogen-bond donors (Lipinski definition) is 2. The first kappa shape index (κ1) is 26.5. The summed E-state index contributed by atoms with van der Waals surface area (Å²) in [5.41, 5.74) is 1.77. The van der Waals surface area contributed by atoms with Crippen molar-refractivity contribution in [2.75, 3.05) is 49.6 Å². The summed E-state index contributed by atoms with van der Waals surface area (Å²) in [7, 11) is 0. The van der Waals surface area contributed by atoms with Gasteiger partial charge in [-0.25, -0.2) is 4.98 Å². The molecular formula is C29H37ClN6O3. The summed E-state index contributed by atoms with van der Waals surface area (Å²) < 4.78 is 7.57. The van der Waals surface area contributed by atoms with Crippen molar-refractivity contribution in [3.8, 4) is 0 Å². The number of benzene rings is 1. The molecule has 0 bridgehead atoms. The Balaban J connectivity index is 1.13. The Hall–Kier alpha value is -2.72. The van der Waals surface area contributed by atoms with Gasteiger partial charge in [0.05, 0.1) is 35.6 Å². The highest BCUT2D eigenvalue weighted by Crippen LogP contribution is 2.48. The van der Waals surface area contributed by atoms with Gasteiger partial charge < -0.3 is 20.1 Å². The number of carbonyl (C=O) groups is 1. The topological polar surface area (TPSA) is 95.8 Å². The molecule has 2 N–H and O–H groups in total. The van der Waals surface area contributed by atoms with E-state index < -0.39 is 6.10 Å². The number of aliphatic hydroxyl groups excluding tert-OH is 1. The molecule has 3 fully saturated rings. The van der Waals surface area contributed by atoms with Crippen LogP contribution in [-0.4, -0.2) is 81.7 Å². The summed E-state index contributed by atoms with van der Waals surface area (Å²) in [6.45, 7) is 11.5. The predicted octanol–water partition coefficient (Wildman–Crippen LogP) is 3.75. The van der Waals surface area contributed by atoms with E-state index in [-0.39, 0.29) is 23.3 Å². The van der Waals surface area contributed by atoms with E-state index in [2.05, 4.69) is 52.0 Å². The molecule has 1 saturated carbocycles. The number of piperazine rings is 1. The van der Waals surface area contributed by atoms with Crippen LogP contribution in [-0.2, 0) is 16.1 Å². The Kier molecular flexibility index (Phi) is 7.03. The summed E-state index contributed by atoms with van der Waals surface area (Å²) in [5, 5.41) is 20.5. The number of hydrogen-bond acceptors (Lipinski definition) is 7. The molecule has 4 atom stereocenters. The maximum atomic E-state index is 13.1. The zero-order valence-electron chi connectivity index (χ0n) is 22.8. The predicted molar refractivity (Wildman–Crippen MR) is 152 cm³/mol. The molecule has 4 unspecified atom stereocenters. The Morgan fingerprint density at radius 1 is 1.23 bits per heavy atom. The number of halogens is 1. The molecule has 2 aromatic heterocycles. The minimum absolute atomic E-state index is 0.000954. The van der Waals surface area contributed by atoms with Crippen molar-refractivity contribution in [2.45, 2.75) is 51.3 Å². The van der Waals surface area contributed by atoms with Crippen LogP contribution in [0.1, 0.15) is 38.8 Å². The summed E-state index contributed by atoms with van der Waals surface area (Å²) >= 11 is 6.71. The fraction of sp³-hybridized carbons (Fsp3) is 0.552. The molecule has 0 radical (unpaired) electrons. The smallest absolute Gasteiger partial charge is 0.229 e. The quantitative estimate of drug-likeness (QED) is 0.461. The van der Waals surface area contributed by atoms with E-state index in [0.29, 0.717) is 30.0 Å². The molecular weight excluding hydrogens is 516 g/mol. The number of pyridine rings is 1. The number of anilines is 2. The molecule has 10 heteroatoms. The molecule has 3 aliphatic rings. The van der Waals surface area contributed by atoms with Gasteiger partial charge in [-0.15, -0.1) is 0 Å². The average molecular weight is 553 g/mol. The van der Waals surface area contributed by atoms with Crippen LogP contribution in [0.15, 0.2) is 36.7 Å². The van der Waals surface area contributed by atoms with E-state index in [1.165, 1.54) is 0 Å². The average Bonchev–Trinajstić information content (AvgIpc) is 3.46. The van der Waals surface area contributed by atoms with Crippen molar-refractivity contribution in [3.63, 3.8) is 0 Å². The molecule has 1 aromatic carbocycles. The van der Waals surface area contributed by atoms with Gasteiger partial charge in [0.25, 0.3) is 0 Å². The highest BCUT2D eigenvalue weighted by atomic mass is 35.5. The van der Waals surface area contributed by atoms with Crippen LogP contribution in [0, 0.1) is 11.8 Å². The molecule has 39 heavy (non-hydrogen) atoms. The van der Waals surface area contributed by atoms with Crippen molar-refractivity contribution in [1.29, 1.82) is 0 Å². The van der Waals surface area contributed by atoms with Crippen LogP contribution in [0.3, 0.4) is 0 Å². The van der Waals surface area contributed by atoms with Gasteiger partial charge >= 0.3 is 0 Å². The number of rotatable bonds is 7. The lowest BCUT2D eigenvalue weighted by atomic mass is 9.95. The zero-order valence-corrected chi connectivity index (χ0v) is 23.6. The molecule has 3 aromatic rings. The number of aromatic nitrogens is 3. The van der Waals surface area contributed by atoms with Gasteiger partial charge in [-0.05, 0) is 48.9 Å². The Labute approximate surface area is 234 Å². The van der Waals surface area contributed by atoms with Crippen LogP contribution in [0.4, 0.5) is 11.5 Å². The van der Waals surface area contributed by atoms with E-state index in [9.17, 15) is 9.90 Å². The lowest BCUT2D eigenvalue weighted by Crippen LogP contribution is -2.60. The minimum Gasteiger partial charge on any atom is -0.389 e. The summed E-state index contributed by atoms with van der Waals surface area (Å²) in [6, 6.07) is 7.99. The fourth-order valence-electron chi connectivity index (χ4n) is 6.06. The van der Waals surface area contributed by atoms with Crippen LogP contribution >= 0.6 is 11.6 Å². The van der Waals surface area contributed by atoms with Crippen LogP contribution in [0.2, 0.25) is 5.02 Å². The monoisotopic (exact) mass is 552 g/mol. The molecule has 1 amide bonds. The number of nitrogens with one attached hydrogen (secondary N) is 1. The molecule has 6 rings (SSSR count). The van der Waals surface area contributed by atoms with E-state index in [1.807, 2.05) is 29.1 Å². The Morgan fingerprint density at radius 2 is 2.03 bits per heavy atom. The van der Waals surface area contributed by atoms with Gasteiger partial charge in [0.2, 0.25) is 5.91 Å². The third-order valence-corrected chi connectivity index (χ3v) is 8.87. The lowest BCUT2D eigenvalue weighted by Gasteiger charge is -2.45. The third kappa shape index (κ3) is 5.13. The van der Waals surface area contributed by atoms with E-state index in [4.69, 9.17) is 16.3 Å². The summed E-state index contributed by atoms with van der Waals surface area (Å²) in [5.74, 6) is 1.19. The second-order valence-corrected chi connectivity index (χ2v) is 12.3. The first-order chi connectivity index (χ1) is 18.7. The Morgan fingerprint density at radius 3 is 2.74 bits per heavy atom. The van der Waals surface area contributed by atoms with Gasteiger partial charge in [0.15, 0.2) is 0 Å². The second-order valence-electron chi connectivity index (χ2n) is 11.9. The molecule has 9 nitrogen and oxygen atoms in total. The third-order valence-electron chi connectivity index (χ3n) is 8.56.